The molecule has 3 heterocycles. The molecule has 13 nitrogen and oxygen atoms in total. The van der Waals surface area contributed by atoms with Gasteiger partial charge in [-0.15, -0.1) is 11.3 Å². The molecule has 274 valence electrons. The number of nitrogens with zero attached hydrogens (tertiary/aromatic N) is 3. The van der Waals surface area contributed by atoms with E-state index in [-0.39, 0.29) is 53.8 Å². The van der Waals surface area contributed by atoms with Gasteiger partial charge in [0.25, 0.3) is 0 Å². The molecule has 51 heavy (non-hydrogen) atoms. The van der Waals surface area contributed by atoms with Crippen molar-refractivity contribution in [2.75, 3.05) is 52.5 Å². The lowest BCUT2D eigenvalue weighted by atomic mass is 9.97. The number of carbonyl (C=O) groups is 3. The molecule has 2 amide bonds. The lowest BCUT2D eigenvalue weighted by molar-refractivity contribution is -0.154. The zero-order valence-corrected chi connectivity index (χ0v) is 29.6. The molecule has 0 aliphatic rings. The van der Waals surface area contributed by atoms with Gasteiger partial charge in [0.05, 0.1) is 30.2 Å². The monoisotopic (exact) mass is 733 g/mol. The highest BCUT2D eigenvalue weighted by Gasteiger charge is 2.34. The number of methoxy groups -OCH3 is 2. The molecule has 3 aromatic heterocycles. The van der Waals surface area contributed by atoms with Crippen molar-refractivity contribution in [1.82, 2.24) is 19.9 Å². The van der Waals surface area contributed by atoms with Crippen LogP contribution in [0.15, 0.2) is 46.8 Å². The van der Waals surface area contributed by atoms with E-state index in [1.54, 1.807) is 44.4 Å². The summed E-state index contributed by atoms with van der Waals surface area (Å²) in [4.78, 5) is 59.7. The summed E-state index contributed by atoms with van der Waals surface area (Å²) < 4.78 is 63.5. The highest BCUT2D eigenvalue weighted by molar-refractivity contribution is 7.13. The summed E-state index contributed by atoms with van der Waals surface area (Å²) in [5.41, 5.74) is -1.61. The predicted molar refractivity (Wildman–Crippen MR) is 184 cm³/mol. The number of benzene rings is 1. The largest absolute Gasteiger partial charge is 0.462 e. The van der Waals surface area contributed by atoms with E-state index >= 15 is 0 Å². The van der Waals surface area contributed by atoms with Crippen LogP contribution < -0.4 is 16.1 Å². The number of thiazole rings is 1. The van der Waals surface area contributed by atoms with Crippen molar-refractivity contribution in [3.8, 4) is 21.7 Å². The number of hydrogen-bond acceptors (Lipinski definition) is 11. The molecule has 1 aromatic carbocycles. The fraction of sp³-hybridized carbons (Fsp3) is 0.412. The maximum absolute atomic E-state index is 14.0. The quantitative estimate of drug-likeness (QED) is 0.125. The molecule has 4 rings (SSSR count). The Morgan fingerprint density at radius 3 is 2.29 bits per heavy atom. The lowest BCUT2D eigenvalue weighted by Crippen LogP contribution is -2.28. The number of anilines is 1. The lowest BCUT2D eigenvalue weighted by Gasteiger charge is -2.23. The minimum atomic E-state index is -4.70. The van der Waals surface area contributed by atoms with E-state index < -0.39 is 46.7 Å². The molecular weight excluding hydrogens is 695 g/mol. The number of esters is 2. The molecule has 0 unspecified atom stereocenters. The Balaban J connectivity index is 1.85. The molecule has 2 N–H and O–H groups in total. The van der Waals surface area contributed by atoms with E-state index in [2.05, 4.69) is 20.6 Å². The second-order valence-corrected chi connectivity index (χ2v) is 13.1. The van der Waals surface area contributed by atoms with Crippen LogP contribution in [0.2, 0.25) is 0 Å². The summed E-state index contributed by atoms with van der Waals surface area (Å²) in [5, 5.41) is 6.04. The molecule has 4 aromatic rings. The van der Waals surface area contributed by atoms with Crippen LogP contribution >= 0.6 is 11.3 Å². The number of aromatic nitrogens is 3. The van der Waals surface area contributed by atoms with Crippen molar-refractivity contribution < 1.29 is 46.5 Å². The second-order valence-electron chi connectivity index (χ2n) is 12.2. The first-order valence-electron chi connectivity index (χ1n) is 15.7. The van der Waals surface area contributed by atoms with Crippen molar-refractivity contribution in [2.45, 2.75) is 39.9 Å². The normalized spacial score (nSPS) is 11.9. The van der Waals surface area contributed by atoms with Crippen molar-refractivity contribution >= 4 is 46.0 Å². The van der Waals surface area contributed by atoms with Gasteiger partial charge in [0, 0.05) is 55.1 Å². The summed E-state index contributed by atoms with van der Waals surface area (Å²) in [6, 6.07) is 5.08. The molecule has 0 aliphatic carbocycles. The highest BCUT2D eigenvalue weighted by Crippen LogP contribution is 2.39. The Labute approximate surface area is 295 Å². The number of urea groups is 1. The van der Waals surface area contributed by atoms with Crippen molar-refractivity contribution in [3.05, 3.63) is 63.5 Å². The minimum Gasteiger partial charge on any atom is -0.462 e. The van der Waals surface area contributed by atoms with Crippen LogP contribution in [0.25, 0.3) is 32.6 Å². The third kappa shape index (κ3) is 9.47. The number of halogens is 3. The number of fused-ring (bicyclic) bond motifs is 1. The molecule has 0 bridgehead atoms. The summed E-state index contributed by atoms with van der Waals surface area (Å²) in [6.07, 6.45) is -2.00. The van der Waals surface area contributed by atoms with Crippen LogP contribution in [0.3, 0.4) is 0 Å². The molecule has 0 spiro atoms. The molecule has 0 saturated carbocycles. The van der Waals surface area contributed by atoms with Gasteiger partial charge < -0.3 is 28.8 Å². The number of ether oxygens (including phenoxy) is 4. The van der Waals surface area contributed by atoms with Crippen LogP contribution in [0.1, 0.15) is 49.8 Å². The van der Waals surface area contributed by atoms with E-state index in [0.717, 1.165) is 16.7 Å². The maximum atomic E-state index is 14.0. The first kappa shape index (κ1) is 38.9. The smallest absolute Gasteiger partial charge is 0.434 e. The molecule has 0 aliphatic heterocycles. The third-order valence-corrected chi connectivity index (χ3v) is 8.22. The zero-order valence-electron chi connectivity index (χ0n) is 28.8. The van der Waals surface area contributed by atoms with Gasteiger partial charge in [-0.05, 0) is 51.5 Å². The first-order valence-corrected chi connectivity index (χ1v) is 16.6. The van der Waals surface area contributed by atoms with Crippen LogP contribution in [0.4, 0.5) is 23.8 Å². The number of alkyl halides is 3. The predicted octanol–water partition coefficient (Wildman–Crippen LogP) is 5.93. The van der Waals surface area contributed by atoms with Crippen LogP contribution in [-0.2, 0) is 29.9 Å². The summed E-state index contributed by atoms with van der Waals surface area (Å²) in [6.45, 7) is 6.82. The Hall–Kier alpha value is -4.87. The molecule has 0 fully saturated rings. The van der Waals surface area contributed by atoms with Crippen molar-refractivity contribution in [1.29, 1.82) is 0 Å². The van der Waals surface area contributed by atoms with Gasteiger partial charge in [-0.25, -0.2) is 19.6 Å². The molecule has 17 heteroatoms. The van der Waals surface area contributed by atoms with E-state index in [0.29, 0.717) is 23.2 Å². The average molecular weight is 734 g/mol. The highest BCUT2D eigenvalue weighted by atomic mass is 32.1. The fourth-order valence-electron chi connectivity index (χ4n) is 4.91. The van der Waals surface area contributed by atoms with Gasteiger partial charge in [0.15, 0.2) is 5.69 Å². The number of rotatable bonds is 13. The van der Waals surface area contributed by atoms with E-state index in [4.69, 9.17) is 18.9 Å². The molecule has 0 radical (unpaired) electrons. The Bertz CT molecular complexity index is 1950. The number of amides is 2. The number of nitrogens with one attached hydrogen (secondary N) is 2. The van der Waals surface area contributed by atoms with E-state index in [1.807, 2.05) is 0 Å². The fourth-order valence-corrected chi connectivity index (χ4v) is 5.76. The minimum absolute atomic E-state index is 0.0130. The van der Waals surface area contributed by atoms with Crippen molar-refractivity contribution in [3.63, 3.8) is 0 Å². The van der Waals surface area contributed by atoms with Gasteiger partial charge >= 0.3 is 24.1 Å². The topological polar surface area (TPSA) is 160 Å². The Morgan fingerprint density at radius 1 is 1.00 bits per heavy atom. The molecular formula is C34H38F3N5O8S. The van der Waals surface area contributed by atoms with E-state index in [9.17, 15) is 32.3 Å². The standard InChI is InChI=1S/C34H38F3N5O8S/c1-7-38-32(46)41-27-13-21(29-40-26(18-51-29)34(35,36)37)23(14-39-27)19-8-9-25-22(12-19)28(43)24(15-42(25)20(16-47-5)17-48-6)30(44)49-10-11-50-31(45)33(2,3)4/h8-9,12-15,18,20H,7,10-11,16-17H2,1-6H3,(H2,38,39,41,46). The second kappa shape index (κ2) is 16.4. The van der Waals surface area contributed by atoms with Gasteiger partial charge in [-0.2, -0.15) is 13.2 Å². The van der Waals surface area contributed by atoms with Crippen LogP contribution in [0.5, 0.6) is 0 Å². The summed E-state index contributed by atoms with van der Waals surface area (Å²) in [5.74, 6) is -1.41. The number of carbonyl (C=O) groups excluding carboxylic acids is 3. The summed E-state index contributed by atoms with van der Waals surface area (Å²) in [7, 11) is 2.97. The third-order valence-electron chi connectivity index (χ3n) is 7.34. The maximum Gasteiger partial charge on any atom is 0.434 e. The first-order chi connectivity index (χ1) is 24.1. The zero-order chi connectivity index (χ0) is 37.5. The van der Waals surface area contributed by atoms with Gasteiger partial charge in [0.1, 0.15) is 29.6 Å². The average Bonchev–Trinajstić information content (AvgIpc) is 3.58. The Morgan fingerprint density at radius 2 is 1.69 bits per heavy atom. The van der Waals surface area contributed by atoms with Gasteiger partial charge in [-0.3, -0.25) is 14.9 Å². The number of hydrogen-bond donors (Lipinski definition) is 2. The number of pyridine rings is 2. The van der Waals surface area contributed by atoms with Crippen LogP contribution in [-0.4, -0.2) is 79.7 Å². The summed E-state index contributed by atoms with van der Waals surface area (Å²) >= 11 is 0.746. The van der Waals surface area contributed by atoms with Gasteiger partial charge in [-0.1, -0.05) is 6.07 Å². The van der Waals surface area contributed by atoms with E-state index in [1.165, 1.54) is 38.7 Å². The molecule has 0 saturated heterocycles. The molecule has 0 atom stereocenters. The Kier molecular flexibility index (Phi) is 12.5. The van der Waals surface area contributed by atoms with Gasteiger partial charge in [0.2, 0.25) is 5.43 Å². The SMILES string of the molecule is CCNC(=O)Nc1cc(-c2nc(C(F)(F)F)cs2)c(-c2ccc3c(c2)c(=O)c(C(=O)OCCOC(=O)C(C)(C)C)cn3C(COC)COC)cn1. The van der Waals surface area contributed by atoms with Crippen molar-refractivity contribution in [2.24, 2.45) is 5.41 Å². The van der Waals surface area contributed by atoms with Crippen LogP contribution in [0, 0.1) is 5.41 Å².